The molecule has 0 aliphatic carbocycles. The Morgan fingerprint density at radius 1 is 1.06 bits per heavy atom. The van der Waals surface area contributed by atoms with E-state index >= 15 is 0 Å². The summed E-state index contributed by atoms with van der Waals surface area (Å²) in [6, 6.07) is 0.370. The lowest BCUT2D eigenvalue weighted by atomic mass is 10.0. The summed E-state index contributed by atoms with van der Waals surface area (Å²) in [5, 5.41) is 3.50. The molecule has 1 atom stereocenters. The van der Waals surface area contributed by atoms with E-state index < -0.39 is 0 Å². The zero-order chi connectivity index (χ0) is 13.1. The van der Waals surface area contributed by atoms with Crippen LogP contribution in [0, 0.1) is 0 Å². The molecule has 1 unspecified atom stereocenters. The van der Waals surface area contributed by atoms with Crippen LogP contribution < -0.4 is 5.32 Å². The van der Waals surface area contributed by atoms with Crippen molar-refractivity contribution in [2.24, 2.45) is 0 Å². The maximum atomic E-state index is 4.40. The molecule has 0 saturated heterocycles. The lowest BCUT2D eigenvalue weighted by Gasteiger charge is -2.16. The third-order valence-corrected chi connectivity index (χ3v) is 3.24. The summed E-state index contributed by atoms with van der Waals surface area (Å²) >= 11 is 0. The van der Waals surface area contributed by atoms with Gasteiger partial charge in [-0.2, -0.15) is 0 Å². The second kappa shape index (κ2) is 10.0. The van der Waals surface area contributed by atoms with Crippen LogP contribution >= 0.6 is 0 Å². The predicted molar refractivity (Wildman–Crippen MR) is 76.4 cm³/mol. The van der Waals surface area contributed by atoms with Crippen LogP contribution in [0.25, 0.3) is 0 Å². The Morgan fingerprint density at radius 3 is 2.50 bits per heavy atom. The molecule has 0 aromatic carbocycles. The summed E-state index contributed by atoms with van der Waals surface area (Å²) in [6.45, 7) is 5.39. The zero-order valence-corrected chi connectivity index (χ0v) is 11.9. The average Bonchev–Trinajstić information content (AvgIpc) is 2.42. The Morgan fingerprint density at radius 2 is 1.83 bits per heavy atom. The maximum absolute atomic E-state index is 4.40. The van der Waals surface area contributed by atoms with Crippen LogP contribution in [0.5, 0.6) is 0 Å². The van der Waals surface area contributed by atoms with Gasteiger partial charge in [-0.3, -0.25) is 9.97 Å². The number of hydrogen-bond acceptors (Lipinski definition) is 3. The third-order valence-electron chi connectivity index (χ3n) is 3.24. The Bertz CT molecular complexity index is 287. The summed E-state index contributed by atoms with van der Waals surface area (Å²) in [5.41, 5.74) is 1.08. The molecule has 3 heteroatoms. The molecule has 1 heterocycles. The molecular formula is C15H27N3. The van der Waals surface area contributed by atoms with Crippen molar-refractivity contribution in [1.29, 1.82) is 0 Å². The molecule has 0 saturated carbocycles. The van der Waals surface area contributed by atoms with Crippen molar-refractivity contribution >= 4 is 0 Å². The van der Waals surface area contributed by atoms with Gasteiger partial charge in [0.1, 0.15) is 0 Å². The van der Waals surface area contributed by atoms with Gasteiger partial charge in [-0.25, -0.2) is 0 Å². The summed E-state index contributed by atoms with van der Waals surface area (Å²) in [7, 11) is 0. The molecule has 0 bridgehead atoms. The molecule has 18 heavy (non-hydrogen) atoms. The predicted octanol–water partition coefficient (Wildman–Crippen LogP) is 3.88. The number of aromatic nitrogens is 2. The number of nitrogens with zero attached hydrogens (tertiary/aromatic N) is 2. The van der Waals surface area contributed by atoms with Crippen LogP contribution in [-0.4, -0.2) is 16.5 Å². The van der Waals surface area contributed by atoms with Gasteiger partial charge in [-0.1, -0.05) is 52.4 Å². The number of hydrogen-bond donors (Lipinski definition) is 1. The highest BCUT2D eigenvalue weighted by atomic mass is 14.9. The molecule has 3 nitrogen and oxygen atoms in total. The van der Waals surface area contributed by atoms with E-state index in [-0.39, 0.29) is 0 Å². The fraction of sp³-hybridized carbons (Fsp3) is 0.733. The Hall–Kier alpha value is -0.960. The van der Waals surface area contributed by atoms with Crippen molar-refractivity contribution in [1.82, 2.24) is 15.3 Å². The smallest absolute Gasteiger partial charge is 0.0756 e. The highest BCUT2D eigenvalue weighted by Crippen LogP contribution is 2.17. The summed E-state index contributed by atoms with van der Waals surface area (Å²) in [4.78, 5) is 8.56. The van der Waals surface area contributed by atoms with Crippen LogP contribution in [-0.2, 0) is 0 Å². The van der Waals surface area contributed by atoms with Gasteiger partial charge >= 0.3 is 0 Å². The topological polar surface area (TPSA) is 37.8 Å². The maximum Gasteiger partial charge on any atom is 0.0756 e. The van der Waals surface area contributed by atoms with E-state index in [0.29, 0.717) is 6.04 Å². The molecule has 0 aliphatic rings. The van der Waals surface area contributed by atoms with Crippen molar-refractivity contribution < 1.29 is 0 Å². The Labute approximate surface area is 111 Å². The Kier molecular flexibility index (Phi) is 8.40. The first kappa shape index (κ1) is 15.1. The van der Waals surface area contributed by atoms with Crippen LogP contribution in [0.4, 0.5) is 0 Å². The van der Waals surface area contributed by atoms with Crippen molar-refractivity contribution in [3.8, 4) is 0 Å². The number of unbranched alkanes of at least 4 members (excludes halogenated alkanes) is 5. The van der Waals surface area contributed by atoms with Gasteiger partial charge in [0.05, 0.1) is 11.7 Å². The standard InChI is InChI=1S/C15H27N3/c1-3-5-6-7-8-9-10-14(17-4-2)15-13-16-11-12-18-15/h11-14,17H,3-10H2,1-2H3. The van der Waals surface area contributed by atoms with E-state index in [1.54, 1.807) is 12.4 Å². The van der Waals surface area contributed by atoms with Gasteiger partial charge in [0.25, 0.3) is 0 Å². The van der Waals surface area contributed by atoms with Gasteiger partial charge < -0.3 is 5.32 Å². The Balaban J connectivity index is 2.26. The van der Waals surface area contributed by atoms with Crippen molar-refractivity contribution in [2.45, 2.75) is 64.8 Å². The molecule has 0 spiro atoms. The molecule has 0 radical (unpaired) electrons. The van der Waals surface area contributed by atoms with Gasteiger partial charge in [-0.05, 0) is 13.0 Å². The first-order valence-electron chi connectivity index (χ1n) is 7.37. The lowest BCUT2D eigenvalue weighted by Crippen LogP contribution is -2.21. The SMILES string of the molecule is CCCCCCCCC(NCC)c1cnccn1. The molecule has 0 fully saturated rings. The minimum Gasteiger partial charge on any atom is -0.309 e. The minimum absolute atomic E-state index is 0.370. The van der Waals surface area contributed by atoms with Gasteiger partial charge in [0.15, 0.2) is 0 Å². The highest BCUT2D eigenvalue weighted by Gasteiger charge is 2.10. The summed E-state index contributed by atoms with van der Waals surface area (Å²) in [5.74, 6) is 0. The molecule has 0 amide bonds. The van der Waals surface area contributed by atoms with E-state index in [4.69, 9.17) is 0 Å². The highest BCUT2D eigenvalue weighted by molar-refractivity contribution is 5.01. The monoisotopic (exact) mass is 249 g/mol. The van der Waals surface area contributed by atoms with Crippen molar-refractivity contribution in [3.05, 3.63) is 24.3 Å². The van der Waals surface area contributed by atoms with Crippen LogP contribution in [0.2, 0.25) is 0 Å². The molecule has 1 rings (SSSR count). The van der Waals surface area contributed by atoms with Crippen molar-refractivity contribution in [2.75, 3.05) is 6.54 Å². The van der Waals surface area contributed by atoms with Gasteiger partial charge in [0, 0.05) is 18.6 Å². The van der Waals surface area contributed by atoms with E-state index in [1.807, 2.05) is 6.20 Å². The van der Waals surface area contributed by atoms with Crippen molar-refractivity contribution in [3.63, 3.8) is 0 Å². The normalized spacial score (nSPS) is 12.6. The molecule has 1 N–H and O–H groups in total. The third kappa shape index (κ3) is 6.10. The number of rotatable bonds is 10. The van der Waals surface area contributed by atoms with E-state index in [1.165, 1.54) is 44.9 Å². The summed E-state index contributed by atoms with van der Waals surface area (Å²) < 4.78 is 0. The molecule has 102 valence electrons. The molecule has 1 aromatic heterocycles. The first-order chi connectivity index (χ1) is 8.88. The number of nitrogens with one attached hydrogen (secondary N) is 1. The fourth-order valence-corrected chi connectivity index (χ4v) is 2.22. The molecular weight excluding hydrogens is 222 g/mol. The quantitative estimate of drug-likeness (QED) is 0.639. The van der Waals surface area contributed by atoms with Gasteiger partial charge in [0.2, 0.25) is 0 Å². The van der Waals surface area contributed by atoms with E-state index in [2.05, 4.69) is 29.1 Å². The van der Waals surface area contributed by atoms with Crippen LogP contribution in [0.1, 0.15) is 70.5 Å². The minimum atomic E-state index is 0.370. The fourth-order valence-electron chi connectivity index (χ4n) is 2.22. The van der Waals surface area contributed by atoms with E-state index in [0.717, 1.165) is 12.2 Å². The second-order valence-corrected chi connectivity index (χ2v) is 4.80. The molecule has 1 aromatic rings. The summed E-state index contributed by atoms with van der Waals surface area (Å²) in [6.07, 6.45) is 14.6. The van der Waals surface area contributed by atoms with Crippen LogP contribution in [0.15, 0.2) is 18.6 Å². The average molecular weight is 249 g/mol. The zero-order valence-electron chi connectivity index (χ0n) is 11.9. The first-order valence-corrected chi connectivity index (χ1v) is 7.37. The van der Waals surface area contributed by atoms with Gasteiger partial charge in [-0.15, -0.1) is 0 Å². The second-order valence-electron chi connectivity index (χ2n) is 4.80. The largest absolute Gasteiger partial charge is 0.309 e. The molecule has 0 aliphatic heterocycles. The van der Waals surface area contributed by atoms with Crippen LogP contribution in [0.3, 0.4) is 0 Å². The van der Waals surface area contributed by atoms with E-state index in [9.17, 15) is 0 Å². The lowest BCUT2D eigenvalue weighted by molar-refractivity contribution is 0.467.